The maximum atomic E-state index is 5.52. The van der Waals surface area contributed by atoms with Crippen molar-refractivity contribution >= 4 is 39.9 Å². The van der Waals surface area contributed by atoms with Gasteiger partial charge < -0.3 is 0 Å². The largest absolute Gasteiger partial charge is 0.260 e. The smallest absolute Gasteiger partial charge is 0.0416 e. The van der Waals surface area contributed by atoms with Crippen molar-refractivity contribution in [3.63, 3.8) is 0 Å². The number of hydrogen-bond donors (Lipinski definition) is 0. The Hall–Kier alpha value is 0.210. The van der Waals surface area contributed by atoms with Crippen LogP contribution in [0, 0.1) is 0 Å². The molecule has 0 saturated heterocycles. The highest BCUT2D eigenvalue weighted by Gasteiger charge is 1.91. The Morgan fingerprint density at radius 2 is 2.18 bits per heavy atom. The Labute approximate surface area is 85.7 Å². The highest BCUT2D eigenvalue weighted by Crippen LogP contribution is 2.07. The lowest BCUT2D eigenvalue weighted by atomic mass is 10.3. The highest BCUT2D eigenvalue weighted by atomic mass is 79.9. The van der Waals surface area contributed by atoms with E-state index < -0.39 is 0 Å². The first kappa shape index (κ1) is 11.2. The van der Waals surface area contributed by atoms with E-state index in [4.69, 9.17) is 11.6 Å². The van der Waals surface area contributed by atoms with Crippen molar-refractivity contribution in [2.24, 2.45) is 0 Å². The van der Waals surface area contributed by atoms with Gasteiger partial charge in [-0.15, -0.1) is 24.0 Å². The molecule has 0 aliphatic carbocycles. The van der Waals surface area contributed by atoms with Crippen molar-refractivity contribution in [2.75, 3.05) is 5.88 Å². The predicted octanol–water partition coefficient (Wildman–Crippen LogP) is 3.05. The lowest BCUT2D eigenvalue weighted by molar-refractivity contribution is 1.04. The third-order valence-corrected chi connectivity index (χ3v) is 1.80. The van der Waals surface area contributed by atoms with Gasteiger partial charge in [-0.2, -0.15) is 0 Å². The van der Waals surface area contributed by atoms with Gasteiger partial charge in [0.05, 0.1) is 0 Å². The van der Waals surface area contributed by atoms with Crippen LogP contribution in [0.3, 0.4) is 0 Å². The van der Waals surface area contributed by atoms with Gasteiger partial charge in [-0.25, -0.2) is 0 Å². The van der Waals surface area contributed by atoms with Crippen LogP contribution in [0.4, 0.5) is 0 Å². The van der Waals surface area contributed by atoms with Gasteiger partial charge in [-0.3, -0.25) is 4.98 Å². The molecule has 0 aliphatic heterocycles. The highest BCUT2D eigenvalue weighted by molar-refractivity contribution is 9.10. The molecule has 0 aliphatic rings. The van der Waals surface area contributed by atoms with Gasteiger partial charge in [0.15, 0.2) is 0 Å². The Morgan fingerprint density at radius 3 is 2.64 bits per heavy atom. The summed E-state index contributed by atoms with van der Waals surface area (Å²) in [6.45, 7) is 0. The molecule has 1 rings (SSSR count). The fraction of sp³-hybridized carbons (Fsp3) is 0.286. The molecule has 0 fully saturated rings. The lowest BCUT2D eigenvalue weighted by Crippen LogP contribution is -1.88. The van der Waals surface area contributed by atoms with Gasteiger partial charge in [-0.1, -0.05) is 0 Å². The summed E-state index contributed by atoms with van der Waals surface area (Å²) in [5.74, 6) is 0.634. The Kier molecular flexibility index (Phi) is 5.92. The summed E-state index contributed by atoms with van der Waals surface area (Å²) in [7, 11) is 0. The van der Waals surface area contributed by atoms with E-state index in [1.165, 1.54) is 0 Å². The second kappa shape index (κ2) is 5.81. The van der Waals surface area contributed by atoms with Crippen LogP contribution in [-0.2, 0) is 6.42 Å². The number of alkyl halides is 1. The Bertz CT molecular complexity index is 200. The maximum absolute atomic E-state index is 5.52. The molecule has 4 heteroatoms. The topological polar surface area (TPSA) is 12.9 Å². The van der Waals surface area contributed by atoms with E-state index in [0.29, 0.717) is 5.88 Å². The predicted molar refractivity (Wildman–Crippen MR) is 53.6 cm³/mol. The van der Waals surface area contributed by atoms with Crippen molar-refractivity contribution < 1.29 is 0 Å². The van der Waals surface area contributed by atoms with Gasteiger partial charge in [0, 0.05) is 28.7 Å². The van der Waals surface area contributed by atoms with Gasteiger partial charge >= 0.3 is 0 Å². The Balaban J connectivity index is 0.000001000. The van der Waals surface area contributed by atoms with Crippen molar-refractivity contribution in [3.05, 3.63) is 28.5 Å². The molecule has 0 saturated carbocycles. The average molecular weight is 257 g/mol. The molecule has 1 heterocycles. The molecule has 0 amide bonds. The van der Waals surface area contributed by atoms with Crippen LogP contribution in [0.2, 0.25) is 0 Å². The van der Waals surface area contributed by atoms with E-state index >= 15 is 0 Å². The van der Waals surface area contributed by atoms with Crippen molar-refractivity contribution in [1.29, 1.82) is 0 Å². The number of hydrogen-bond acceptors (Lipinski definition) is 1. The van der Waals surface area contributed by atoms with Crippen molar-refractivity contribution in [3.8, 4) is 0 Å². The third-order valence-electron chi connectivity index (χ3n) is 1.14. The summed E-state index contributed by atoms with van der Waals surface area (Å²) in [4.78, 5) is 4.14. The minimum Gasteiger partial charge on any atom is -0.260 e. The molecular formula is C7H8BrCl2N. The molecule has 1 aromatic heterocycles. The summed E-state index contributed by atoms with van der Waals surface area (Å²) in [5.41, 5.74) is 1.04. The summed E-state index contributed by atoms with van der Waals surface area (Å²) in [6.07, 6.45) is 2.62. The van der Waals surface area contributed by atoms with Crippen molar-refractivity contribution in [2.45, 2.75) is 6.42 Å². The SMILES string of the molecule is Cl.ClCCc1ccc(Br)cn1. The first-order chi connectivity index (χ1) is 4.83. The fourth-order valence-corrected chi connectivity index (χ4v) is 1.08. The van der Waals surface area contributed by atoms with Gasteiger partial charge in [0.2, 0.25) is 0 Å². The lowest BCUT2D eigenvalue weighted by Gasteiger charge is -1.94. The standard InChI is InChI=1S/C7H7BrClN.ClH/c8-6-1-2-7(3-4-9)10-5-6;/h1-2,5H,3-4H2;1H. The zero-order valence-corrected chi connectivity index (χ0v) is 8.92. The number of nitrogens with zero attached hydrogens (tertiary/aromatic N) is 1. The molecule has 0 bridgehead atoms. The second-order valence-electron chi connectivity index (χ2n) is 1.91. The molecule has 0 spiro atoms. The number of pyridine rings is 1. The molecular weight excluding hydrogens is 249 g/mol. The number of aryl methyl sites for hydroxylation is 1. The number of rotatable bonds is 2. The minimum atomic E-state index is 0. The molecule has 0 N–H and O–H groups in total. The van der Waals surface area contributed by atoms with Crippen LogP contribution in [0.5, 0.6) is 0 Å². The van der Waals surface area contributed by atoms with E-state index in [1.807, 2.05) is 12.1 Å². The fourth-order valence-electron chi connectivity index (χ4n) is 0.651. The van der Waals surface area contributed by atoms with E-state index in [9.17, 15) is 0 Å². The van der Waals surface area contributed by atoms with Gasteiger partial charge in [0.1, 0.15) is 0 Å². The van der Waals surface area contributed by atoms with Gasteiger partial charge in [-0.05, 0) is 28.1 Å². The van der Waals surface area contributed by atoms with Crippen LogP contribution < -0.4 is 0 Å². The van der Waals surface area contributed by atoms with Crippen LogP contribution in [0.1, 0.15) is 5.69 Å². The third kappa shape index (κ3) is 3.94. The van der Waals surface area contributed by atoms with Crippen LogP contribution in [0.25, 0.3) is 0 Å². The summed E-state index contributed by atoms with van der Waals surface area (Å²) in [6, 6.07) is 3.93. The van der Waals surface area contributed by atoms with Crippen LogP contribution >= 0.6 is 39.9 Å². The molecule has 0 radical (unpaired) electrons. The van der Waals surface area contributed by atoms with E-state index in [1.54, 1.807) is 6.20 Å². The monoisotopic (exact) mass is 255 g/mol. The van der Waals surface area contributed by atoms with E-state index in [-0.39, 0.29) is 12.4 Å². The quantitative estimate of drug-likeness (QED) is 0.742. The minimum absolute atomic E-state index is 0. The average Bonchev–Trinajstić information content (AvgIpc) is 1.95. The van der Waals surface area contributed by atoms with Gasteiger partial charge in [0.25, 0.3) is 0 Å². The zero-order chi connectivity index (χ0) is 7.40. The van der Waals surface area contributed by atoms with Crippen molar-refractivity contribution in [1.82, 2.24) is 4.98 Å². The zero-order valence-electron chi connectivity index (χ0n) is 5.76. The normalized spacial score (nSPS) is 8.91. The molecule has 1 nitrogen and oxygen atoms in total. The first-order valence-corrected chi connectivity index (χ1v) is 4.32. The molecule has 0 aromatic carbocycles. The number of halogens is 3. The molecule has 0 unspecified atom stereocenters. The summed E-state index contributed by atoms with van der Waals surface area (Å²) >= 11 is 8.83. The molecule has 1 aromatic rings. The van der Waals surface area contributed by atoms with Crippen LogP contribution in [0.15, 0.2) is 22.8 Å². The maximum Gasteiger partial charge on any atom is 0.0416 e. The molecule has 62 valence electrons. The van der Waals surface area contributed by atoms with E-state index in [2.05, 4.69) is 20.9 Å². The molecule has 0 atom stereocenters. The first-order valence-electron chi connectivity index (χ1n) is 2.99. The number of aromatic nitrogens is 1. The molecule has 11 heavy (non-hydrogen) atoms. The Morgan fingerprint density at radius 1 is 1.45 bits per heavy atom. The van der Waals surface area contributed by atoms with E-state index in [0.717, 1.165) is 16.6 Å². The summed E-state index contributed by atoms with van der Waals surface area (Å²) in [5, 5.41) is 0. The van der Waals surface area contributed by atoms with Crippen LogP contribution in [-0.4, -0.2) is 10.9 Å². The second-order valence-corrected chi connectivity index (χ2v) is 3.20. The summed E-state index contributed by atoms with van der Waals surface area (Å²) < 4.78 is 1.01.